The van der Waals surface area contributed by atoms with Crippen molar-refractivity contribution < 1.29 is 14.4 Å². The van der Waals surface area contributed by atoms with E-state index in [4.69, 9.17) is 11.6 Å². The second kappa shape index (κ2) is 10.2. The van der Waals surface area contributed by atoms with E-state index in [9.17, 15) is 19.6 Å². The molecule has 11 heteroatoms. The maximum atomic E-state index is 13.2. The number of hydrogen-bond donors (Lipinski definition) is 3. The fraction of sp³-hybridized carbons (Fsp3) is 0.259. The Labute approximate surface area is 218 Å². The van der Waals surface area contributed by atoms with Crippen molar-refractivity contribution >= 4 is 23.5 Å². The first kappa shape index (κ1) is 24.7. The average Bonchev–Trinajstić information content (AvgIpc) is 3.49. The molecule has 3 amide bonds. The molecule has 38 heavy (non-hydrogen) atoms. The molecule has 2 aromatic heterocycles. The number of nitrogens with one attached hydrogen (secondary N) is 1. The number of amides is 3. The first-order valence-electron chi connectivity index (χ1n) is 12.3. The molecule has 1 aromatic carbocycles. The number of nitrogens with zero attached hydrogens (tertiary/aromatic N) is 5. The van der Waals surface area contributed by atoms with Crippen molar-refractivity contribution in [3.8, 4) is 17.3 Å². The smallest absolute Gasteiger partial charge is 0.269 e. The number of carbonyl (C=O) groups is 3. The third-order valence-electron chi connectivity index (χ3n) is 6.69. The minimum atomic E-state index is -0.777. The van der Waals surface area contributed by atoms with Crippen LogP contribution >= 0.6 is 0 Å². The summed E-state index contributed by atoms with van der Waals surface area (Å²) in [5.41, 5.74) is 6.93. The number of primary amides is 1. The Kier molecular flexibility index (Phi) is 6.62. The van der Waals surface area contributed by atoms with Gasteiger partial charge in [0.25, 0.3) is 17.7 Å². The number of imidazole rings is 1. The van der Waals surface area contributed by atoms with Gasteiger partial charge in [-0.05, 0) is 55.9 Å². The van der Waals surface area contributed by atoms with E-state index in [1.807, 2.05) is 6.07 Å². The van der Waals surface area contributed by atoms with Gasteiger partial charge in [0.2, 0.25) is 0 Å². The van der Waals surface area contributed by atoms with Crippen molar-refractivity contribution in [3.63, 3.8) is 0 Å². The summed E-state index contributed by atoms with van der Waals surface area (Å²) < 4.78 is 1.13. The van der Waals surface area contributed by atoms with Crippen molar-refractivity contribution in [3.05, 3.63) is 77.4 Å². The zero-order valence-corrected chi connectivity index (χ0v) is 20.5. The van der Waals surface area contributed by atoms with Gasteiger partial charge in [-0.1, -0.05) is 24.3 Å². The topological polar surface area (TPSA) is 173 Å². The Morgan fingerprint density at radius 2 is 1.87 bits per heavy atom. The van der Waals surface area contributed by atoms with Crippen LogP contribution in [0, 0.1) is 17.2 Å². The molecule has 2 aliphatic rings. The van der Waals surface area contributed by atoms with Gasteiger partial charge in [-0.3, -0.25) is 14.4 Å². The summed E-state index contributed by atoms with van der Waals surface area (Å²) in [6.07, 6.45) is 6.54. The second-order valence-corrected chi connectivity index (χ2v) is 9.33. The van der Waals surface area contributed by atoms with Crippen LogP contribution in [0.4, 0.5) is 5.82 Å². The lowest BCUT2D eigenvalue weighted by molar-refractivity contribution is -0.127. The van der Waals surface area contributed by atoms with Gasteiger partial charge in [-0.15, -0.1) is 0 Å². The van der Waals surface area contributed by atoms with Crippen LogP contribution in [0.25, 0.3) is 11.3 Å². The molecule has 1 saturated carbocycles. The predicted molar refractivity (Wildman–Crippen MR) is 139 cm³/mol. The van der Waals surface area contributed by atoms with E-state index in [-0.39, 0.29) is 34.7 Å². The number of nitrogens with two attached hydrogens (primary N) is 2. The Morgan fingerprint density at radius 3 is 2.50 bits per heavy atom. The molecule has 3 heterocycles. The fourth-order valence-corrected chi connectivity index (χ4v) is 4.61. The quantitative estimate of drug-likeness (QED) is 0.249. The molecule has 1 aliphatic carbocycles. The van der Waals surface area contributed by atoms with Gasteiger partial charge in [-0.2, -0.15) is 5.26 Å². The molecule has 0 radical (unpaired) electrons. The van der Waals surface area contributed by atoms with Gasteiger partial charge in [-0.25, -0.2) is 14.6 Å². The standard InChI is InChI=1S/C27H26N8O3/c28-15-19(14-16-6-7-16)27(38)34-13-3-4-20(34)25-33-22(23(24(29)36)35(25)30)17-8-10-18(11-9-17)26(37)32-21-5-1-2-12-31-21/h1-2,5,8-12,14,16,20H,3-4,6-7,13,30H2,(H2,29,36)(H,31,32,37)/t20-/m0/s1. The summed E-state index contributed by atoms with van der Waals surface area (Å²) in [4.78, 5) is 48.5. The van der Waals surface area contributed by atoms with E-state index in [1.54, 1.807) is 59.6 Å². The second-order valence-electron chi connectivity index (χ2n) is 9.33. The Hall–Kier alpha value is -4.98. The lowest BCUT2D eigenvalue weighted by Gasteiger charge is -2.24. The molecule has 2 fully saturated rings. The molecule has 0 unspecified atom stereocenters. The highest BCUT2D eigenvalue weighted by molar-refractivity contribution is 6.04. The van der Waals surface area contributed by atoms with Gasteiger partial charge >= 0.3 is 0 Å². The van der Waals surface area contributed by atoms with E-state index in [0.29, 0.717) is 42.2 Å². The minimum absolute atomic E-state index is 0.0148. The number of aromatic nitrogens is 3. The van der Waals surface area contributed by atoms with Gasteiger partial charge < -0.3 is 21.8 Å². The third kappa shape index (κ3) is 4.84. The minimum Gasteiger partial charge on any atom is -0.364 e. The molecule has 0 bridgehead atoms. The van der Waals surface area contributed by atoms with Crippen LogP contribution in [0.5, 0.6) is 0 Å². The molecule has 5 N–H and O–H groups in total. The summed E-state index contributed by atoms with van der Waals surface area (Å²) in [5, 5.41) is 12.3. The van der Waals surface area contributed by atoms with E-state index >= 15 is 0 Å². The Bertz CT molecular complexity index is 1470. The molecule has 1 saturated heterocycles. The highest BCUT2D eigenvalue weighted by atomic mass is 16.2. The van der Waals surface area contributed by atoms with Crippen molar-refractivity contribution in [2.45, 2.75) is 31.7 Å². The lowest BCUT2D eigenvalue weighted by Crippen LogP contribution is -2.34. The molecular weight excluding hydrogens is 484 g/mol. The first-order chi connectivity index (χ1) is 18.4. The zero-order valence-electron chi connectivity index (χ0n) is 20.5. The van der Waals surface area contributed by atoms with E-state index in [0.717, 1.165) is 17.5 Å². The predicted octanol–water partition coefficient (Wildman–Crippen LogP) is 2.53. The van der Waals surface area contributed by atoms with Crippen molar-refractivity contribution in [2.24, 2.45) is 11.7 Å². The number of rotatable bonds is 7. The Morgan fingerprint density at radius 1 is 1.11 bits per heavy atom. The molecule has 1 aliphatic heterocycles. The molecule has 0 spiro atoms. The van der Waals surface area contributed by atoms with Crippen LogP contribution in [0.1, 0.15) is 58.4 Å². The SMILES string of the molecule is N#CC(=CC1CC1)C(=O)N1CCC[C@H]1c1nc(-c2ccc(C(=O)Nc3ccccn3)cc2)c(C(N)=O)n1N. The molecule has 192 valence electrons. The van der Waals surface area contributed by atoms with E-state index < -0.39 is 11.9 Å². The van der Waals surface area contributed by atoms with Crippen LogP contribution in [0.15, 0.2) is 60.3 Å². The fourth-order valence-electron chi connectivity index (χ4n) is 4.61. The van der Waals surface area contributed by atoms with Crippen LogP contribution in [-0.4, -0.2) is 43.8 Å². The maximum absolute atomic E-state index is 13.2. The van der Waals surface area contributed by atoms with Crippen LogP contribution in [0.3, 0.4) is 0 Å². The number of pyridine rings is 1. The number of anilines is 1. The highest BCUT2D eigenvalue weighted by Gasteiger charge is 2.37. The van der Waals surface area contributed by atoms with Crippen molar-refractivity contribution in [1.29, 1.82) is 5.26 Å². The number of allylic oxidation sites excluding steroid dienone is 1. The summed E-state index contributed by atoms with van der Waals surface area (Å²) in [5.74, 6) is 5.83. The summed E-state index contributed by atoms with van der Waals surface area (Å²) in [6, 6.07) is 13.2. The molecular formula is C27H26N8O3. The monoisotopic (exact) mass is 510 g/mol. The third-order valence-corrected chi connectivity index (χ3v) is 6.69. The van der Waals surface area contributed by atoms with E-state index in [2.05, 4.69) is 15.3 Å². The summed E-state index contributed by atoms with van der Waals surface area (Å²) in [7, 11) is 0. The van der Waals surface area contributed by atoms with Crippen LogP contribution in [0.2, 0.25) is 0 Å². The van der Waals surface area contributed by atoms with Gasteiger partial charge in [0, 0.05) is 23.9 Å². The number of benzene rings is 1. The molecule has 5 rings (SSSR count). The normalized spacial score (nSPS) is 17.2. The molecule has 11 nitrogen and oxygen atoms in total. The van der Waals surface area contributed by atoms with Crippen LogP contribution in [-0.2, 0) is 4.79 Å². The summed E-state index contributed by atoms with van der Waals surface area (Å²) in [6.45, 7) is 0.446. The lowest BCUT2D eigenvalue weighted by atomic mass is 10.1. The molecule has 3 aromatic rings. The number of hydrogen-bond acceptors (Lipinski definition) is 7. The van der Waals surface area contributed by atoms with Gasteiger partial charge in [0.05, 0.1) is 6.04 Å². The number of nitriles is 1. The average molecular weight is 511 g/mol. The number of carbonyl (C=O) groups excluding carboxylic acids is 3. The van der Waals surface area contributed by atoms with E-state index in [1.165, 1.54) is 0 Å². The highest BCUT2D eigenvalue weighted by Crippen LogP contribution is 2.36. The van der Waals surface area contributed by atoms with Crippen molar-refractivity contribution in [1.82, 2.24) is 19.5 Å². The largest absolute Gasteiger partial charge is 0.364 e. The number of likely N-dealkylation sites (tertiary alicyclic amines) is 1. The van der Waals surface area contributed by atoms with Gasteiger partial charge in [0.15, 0.2) is 11.5 Å². The zero-order chi connectivity index (χ0) is 26.8. The van der Waals surface area contributed by atoms with Gasteiger partial charge in [0.1, 0.15) is 23.2 Å². The molecule has 1 atom stereocenters. The summed E-state index contributed by atoms with van der Waals surface area (Å²) >= 11 is 0. The van der Waals surface area contributed by atoms with Crippen molar-refractivity contribution in [2.75, 3.05) is 17.7 Å². The van der Waals surface area contributed by atoms with Crippen LogP contribution < -0.4 is 16.9 Å². The Balaban J connectivity index is 1.43. The first-order valence-corrected chi connectivity index (χ1v) is 12.3. The number of nitrogen functional groups attached to an aromatic ring is 1. The maximum Gasteiger partial charge on any atom is 0.269 e.